The minimum atomic E-state index is 0.00545. The summed E-state index contributed by atoms with van der Waals surface area (Å²) in [5.74, 6) is 1.31. The van der Waals surface area contributed by atoms with E-state index < -0.39 is 0 Å². The Kier molecular flexibility index (Phi) is 4.41. The van der Waals surface area contributed by atoms with Crippen LogP contribution >= 0.6 is 0 Å². The highest BCUT2D eigenvalue weighted by molar-refractivity contribution is 5.52. The van der Waals surface area contributed by atoms with Crippen LogP contribution in [0.25, 0.3) is 11.5 Å². The molecule has 0 aliphatic heterocycles. The van der Waals surface area contributed by atoms with E-state index in [1.165, 1.54) is 0 Å². The molecule has 5 nitrogen and oxygen atoms in total. The number of hydrogen-bond acceptors (Lipinski definition) is 5. The van der Waals surface area contributed by atoms with Crippen LogP contribution in [0.4, 0.5) is 5.82 Å². The van der Waals surface area contributed by atoms with Crippen molar-refractivity contribution >= 4 is 5.82 Å². The van der Waals surface area contributed by atoms with Crippen LogP contribution in [0, 0.1) is 6.92 Å². The number of nitrogens with one attached hydrogen (secondary N) is 1. The predicted molar refractivity (Wildman–Crippen MR) is 74.8 cm³/mol. The van der Waals surface area contributed by atoms with Gasteiger partial charge >= 0.3 is 0 Å². The third-order valence-corrected chi connectivity index (χ3v) is 2.81. The van der Waals surface area contributed by atoms with Gasteiger partial charge in [0.05, 0.1) is 12.6 Å². The summed E-state index contributed by atoms with van der Waals surface area (Å²) in [5, 5.41) is 12.4. The number of aryl methyl sites for hydroxylation is 1. The van der Waals surface area contributed by atoms with Crippen molar-refractivity contribution in [3.8, 4) is 11.5 Å². The molecule has 1 atom stereocenters. The van der Waals surface area contributed by atoms with E-state index in [4.69, 9.17) is 0 Å². The van der Waals surface area contributed by atoms with Crippen LogP contribution < -0.4 is 5.32 Å². The number of hydrogen-bond donors (Lipinski definition) is 2. The van der Waals surface area contributed by atoms with Gasteiger partial charge in [-0.2, -0.15) is 0 Å². The van der Waals surface area contributed by atoms with Gasteiger partial charge in [-0.3, -0.25) is 4.98 Å². The maximum Gasteiger partial charge on any atom is 0.180 e. The monoisotopic (exact) mass is 258 g/mol. The number of aromatic nitrogens is 3. The summed E-state index contributed by atoms with van der Waals surface area (Å²) in [6.07, 6.45) is 2.55. The molecule has 0 bridgehead atoms. The molecule has 5 heteroatoms. The first-order valence-corrected chi connectivity index (χ1v) is 6.37. The van der Waals surface area contributed by atoms with Gasteiger partial charge in [0, 0.05) is 18.0 Å². The van der Waals surface area contributed by atoms with Crippen LogP contribution in [0.5, 0.6) is 0 Å². The van der Waals surface area contributed by atoms with Gasteiger partial charge in [0.2, 0.25) is 0 Å². The lowest BCUT2D eigenvalue weighted by atomic mass is 10.2. The Hall–Kier alpha value is -2.01. The molecule has 0 aliphatic carbocycles. The van der Waals surface area contributed by atoms with E-state index in [0.29, 0.717) is 11.6 Å². The van der Waals surface area contributed by atoms with Crippen LogP contribution in [0.1, 0.15) is 19.0 Å². The van der Waals surface area contributed by atoms with Gasteiger partial charge in [-0.15, -0.1) is 0 Å². The molecule has 2 aromatic heterocycles. The first-order chi connectivity index (χ1) is 9.22. The van der Waals surface area contributed by atoms with E-state index in [2.05, 4.69) is 20.3 Å². The molecule has 2 heterocycles. The fourth-order valence-corrected chi connectivity index (χ4v) is 1.74. The average molecular weight is 258 g/mol. The summed E-state index contributed by atoms with van der Waals surface area (Å²) in [6.45, 7) is 4.01. The van der Waals surface area contributed by atoms with Crippen LogP contribution in [0.3, 0.4) is 0 Å². The molecule has 19 heavy (non-hydrogen) atoms. The predicted octanol–water partition coefficient (Wildman–Crippen LogP) is 2.03. The van der Waals surface area contributed by atoms with Crippen molar-refractivity contribution < 1.29 is 5.11 Å². The highest BCUT2D eigenvalue weighted by atomic mass is 16.3. The Morgan fingerprint density at radius 2 is 2.16 bits per heavy atom. The molecule has 0 saturated carbocycles. The second-order valence-electron chi connectivity index (χ2n) is 4.37. The van der Waals surface area contributed by atoms with Crippen molar-refractivity contribution in [1.82, 2.24) is 15.0 Å². The van der Waals surface area contributed by atoms with Crippen LogP contribution in [-0.4, -0.2) is 32.7 Å². The summed E-state index contributed by atoms with van der Waals surface area (Å²) in [4.78, 5) is 13.1. The molecule has 0 amide bonds. The maximum atomic E-state index is 9.22. The Morgan fingerprint density at radius 1 is 1.32 bits per heavy atom. The van der Waals surface area contributed by atoms with E-state index in [0.717, 1.165) is 17.8 Å². The lowest BCUT2D eigenvalue weighted by Crippen LogP contribution is -2.23. The molecular formula is C14H18N4O. The van der Waals surface area contributed by atoms with Crippen molar-refractivity contribution in [2.45, 2.75) is 26.3 Å². The van der Waals surface area contributed by atoms with Gasteiger partial charge < -0.3 is 10.4 Å². The number of anilines is 1. The Balaban J connectivity index is 2.30. The van der Waals surface area contributed by atoms with Crippen molar-refractivity contribution in [2.24, 2.45) is 0 Å². The molecule has 0 radical (unpaired) electrons. The van der Waals surface area contributed by atoms with Gasteiger partial charge in [-0.1, -0.05) is 13.0 Å². The number of nitrogens with zero attached hydrogens (tertiary/aromatic N) is 3. The molecule has 2 N–H and O–H groups in total. The van der Waals surface area contributed by atoms with Crippen LogP contribution in [-0.2, 0) is 0 Å². The zero-order chi connectivity index (χ0) is 13.7. The topological polar surface area (TPSA) is 70.9 Å². The maximum absolute atomic E-state index is 9.22. The number of aliphatic hydroxyl groups excluding tert-OH is 1. The summed E-state index contributed by atoms with van der Waals surface area (Å²) >= 11 is 0. The smallest absolute Gasteiger partial charge is 0.180 e. The summed E-state index contributed by atoms with van der Waals surface area (Å²) in [5.41, 5.74) is 1.61. The molecule has 0 saturated heterocycles. The van der Waals surface area contributed by atoms with Gasteiger partial charge in [0.15, 0.2) is 5.82 Å². The van der Waals surface area contributed by atoms with Gasteiger partial charge in [-0.05, 0) is 25.5 Å². The summed E-state index contributed by atoms with van der Waals surface area (Å²) in [7, 11) is 0. The van der Waals surface area contributed by atoms with Crippen molar-refractivity contribution in [3.05, 3.63) is 36.2 Å². The van der Waals surface area contributed by atoms with Crippen LogP contribution in [0.15, 0.2) is 30.5 Å². The Bertz CT molecular complexity index is 526. The first-order valence-electron chi connectivity index (χ1n) is 6.37. The molecule has 0 fully saturated rings. The second kappa shape index (κ2) is 6.24. The van der Waals surface area contributed by atoms with Gasteiger partial charge in [0.1, 0.15) is 11.5 Å². The van der Waals surface area contributed by atoms with Crippen molar-refractivity contribution in [2.75, 3.05) is 11.9 Å². The lowest BCUT2D eigenvalue weighted by molar-refractivity contribution is 0.271. The largest absolute Gasteiger partial charge is 0.394 e. The number of pyridine rings is 1. The molecule has 2 aromatic rings. The lowest BCUT2D eigenvalue weighted by Gasteiger charge is -2.15. The highest BCUT2D eigenvalue weighted by Crippen LogP contribution is 2.16. The minimum absolute atomic E-state index is 0.00545. The fourth-order valence-electron chi connectivity index (χ4n) is 1.74. The molecule has 1 unspecified atom stereocenters. The van der Waals surface area contributed by atoms with Gasteiger partial charge in [-0.25, -0.2) is 9.97 Å². The van der Waals surface area contributed by atoms with E-state index in [9.17, 15) is 5.11 Å². The molecule has 0 aromatic carbocycles. The third kappa shape index (κ3) is 3.48. The molecular weight excluding hydrogens is 240 g/mol. The SMILES string of the molecule is CCC(CO)Nc1cc(C)nc(-c2ccccn2)n1. The van der Waals surface area contributed by atoms with Crippen molar-refractivity contribution in [3.63, 3.8) is 0 Å². The molecule has 0 spiro atoms. The number of rotatable bonds is 5. The Labute approximate surface area is 112 Å². The zero-order valence-electron chi connectivity index (χ0n) is 11.2. The first kappa shape index (κ1) is 13.4. The normalized spacial score (nSPS) is 12.2. The summed E-state index contributed by atoms with van der Waals surface area (Å²) < 4.78 is 0. The van der Waals surface area contributed by atoms with E-state index in [-0.39, 0.29) is 12.6 Å². The fraction of sp³-hybridized carbons (Fsp3) is 0.357. The average Bonchev–Trinajstić information content (AvgIpc) is 2.45. The summed E-state index contributed by atoms with van der Waals surface area (Å²) in [6, 6.07) is 7.51. The quantitative estimate of drug-likeness (QED) is 0.858. The third-order valence-electron chi connectivity index (χ3n) is 2.81. The van der Waals surface area contributed by atoms with E-state index >= 15 is 0 Å². The highest BCUT2D eigenvalue weighted by Gasteiger charge is 2.09. The molecule has 0 aliphatic rings. The molecule has 2 rings (SSSR count). The number of aliphatic hydroxyl groups is 1. The zero-order valence-corrected chi connectivity index (χ0v) is 11.2. The van der Waals surface area contributed by atoms with E-state index in [1.54, 1.807) is 6.20 Å². The minimum Gasteiger partial charge on any atom is -0.394 e. The molecule has 100 valence electrons. The van der Waals surface area contributed by atoms with Crippen LogP contribution in [0.2, 0.25) is 0 Å². The standard InChI is InChI=1S/C14H18N4O/c1-3-11(9-19)17-13-8-10(2)16-14(18-13)12-6-4-5-7-15-12/h4-8,11,19H,3,9H2,1-2H3,(H,16,17,18). The van der Waals surface area contributed by atoms with Crippen molar-refractivity contribution in [1.29, 1.82) is 0 Å². The van der Waals surface area contributed by atoms with Gasteiger partial charge in [0.25, 0.3) is 0 Å². The Morgan fingerprint density at radius 3 is 2.79 bits per heavy atom. The van der Waals surface area contributed by atoms with E-state index in [1.807, 2.05) is 38.1 Å². The second-order valence-corrected chi connectivity index (χ2v) is 4.37.